The molecule has 0 amide bonds. The largest absolute Gasteiger partial charge is 0.493 e. The van der Waals surface area contributed by atoms with Crippen LogP contribution in [0.5, 0.6) is 11.5 Å². The summed E-state index contributed by atoms with van der Waals surface area (Å²) >= 11 is 0. The summed E-state index contributed by atoms with van der Waals surface area (Å²) < 4.78 is 11.0. The van der Waals surface area contributed by atoms with Crippen LogP contribution < -0.4 is 14.8 Å². The van der Waals surface area contributed by atoms with Crippen molar-refractivity contribution in [1.82, 2.24) is 10.2 Å². The molecule has 0 heterocycles. The van der Waals surface area contributed by atoms with Crippen LogP contribution in [0.1, 0.15) is 58.4 Å². The van der Waals surface area contributed by atoms with E-state index in [0.29, 0.717) is 6.61 Å². The Hall–Kier alpha value is -1.26. The Kier molecular flexibility index (Phi) is 12.2. The third-order valence-corrected chi connectivity index (χ3v) is 4.34. The minimum absolute atomic E-state index is 0.651. The number of hydrogen-bond donors (Lipinski definition) is 1. The molecular weight excluding hydrogens is 312 g/mol. The summed E-state index contributed by atoms with van der Waals surface area (Å²) in [6.45, 7) is 12.8. The van der Waals surface area contributed by atoms with E-state index in [-0.39, 0.29) is 0 Å². The molecule has 0 aliphatic rings. The second-order valence-electron chi connectivity index (χ2n) is 6.50. The van der Waals surface area contributed by atoms with Crippen LogP contribution in [0, 0.1) is 0 Å². The van der Waals surface area contributed by atoms with Crippen LogP contribution in [-0.2, 0) is 6.54 Å². The first-order valence-corrected chi connectivity index (χ1v) is 9.97. The zero-order valence-electron chi connectivity index (χ0n) is 16.8. The Balaban J connectivity index is 2.32. The molecule has 1 aromatic carbocycles. The van der Waals surface area contributed by atoms with Gasteiger partial charge in [0.15, 0.2) is 11.5 Å². The van der Waals surface area contributed by atoms with Crippen LogP contribution in [0.3, 0.4) is 0 Å². The Bertz CT molecular complexity index is 444. The summed E-state index contributed by atoms with van der Waals surface area (Å²) in [7, 11) is 1.68. The maximum absolute atomic E-state index is 5.64. The number of rotatable bonds is 15. The molecule has 0 unspecified atom stereocenters. The molecule has 1 rings (SSSR count). The first kappa shape index (κ1) is 21.8. The molecule has 4 heteroatoms. The summed E-state index contributed by atoms with van der Waals surface area (Å²) in [4.78, 5) is 2.62. The second kappa shape index (κ2) is 14.0. The molecule has 0 saturated heterocycles. The van der Waals surface area contributed by atoms with Gasteiger partial charge in [-0.25, -0.2) is 0 Å². The Morgan fingerprint density at radius 1 is 0.920 bits per heavy atom. The molecule has 4 nitrogen and oxygen atoms in total. The van der Waals surface area contributed by atoms with Crippen molar-refractivity contribution in [2.24, 2.45) is 0 Å². The fraction of sp³-hybridized carbons (Fsp3) is 0.714. The highest BCUT2D eigenvalue weighted by Gasteiger charge is 2.06. The molecule has 1 aromatic rings. The maximum Gasteiger partial charge on any atom is 0.161 e. The number of unbranched alkanes of at least 4 members (excludes halogenated alkanes) is 2. The molecular formula is C21H38N2O2. The molecule has 0 bridgehead atoms. The van der Waals surface area contributed by atoms with Gasteiger partial charge in [-0.3, -0.25) is 0 Å². The first-order valence-electron chi connectivity index (χ1n) is 9.97. The summed E-state index contributed by atoms with van der Waals surface area (Å²) in [5.41, 5.74) is 1.23. The Labute approximate surface area is 154 Å². The topological polar surface area (TPSA) is 33.7 Å². The zero-order valence-corrected chi connectivity index (χ0v) is 16.8. The van der Waals surface area contributed by atoms with E-state index < -0.39 is 0 Å². The van der Waals surface area contributed by atoms with Crippen molar-refractivity contribution in [3.05, 3.63) is 23.8 Å². The lowest BCUT2D eigenvalue weighted by molar-refractivity contribution is 0.261. The lowest BCUT2D eigenvalue weighted by Crippen LogP contribution is -2.29. The Morgan fingerprint density at radius 3 is 2.20 bits per heavy atom. The average Bonchev–Trinajstić information content (AvgIpc) is 2.63. The van der Waals surface area contributed by atoms with Gasteiger partial charge in [-0.1, -0.05) is 32.8 Å². The molecule has 0 aliphatic heterocycles. The van der Waals surface area contributed by atoms with E-state index in [0.717, 1.165) is 24.6 Å². The summed E-state index contributed by atoms with van der Waals surface area (Å²) in [5.74, 6) is 1.63. The molecule has 25 heavy (non-hydrogen) atoms. The van der Waals surface area contributed by atoms with E-state index in [1.54, 1.807) is 7.11 Å². The highest BCUT2D eigenvalue weighted by molar-refractivity contribution is 5.42. The third-order valence-electron chi connectivity index (χ3n) is 4.34. The fourth-order valence-corrected chi connectivity index (χ4v) is 2.86. The Morgan fingerprint density at radius 2 is 1.60 bits per heavy atom. The normalized spacial score (nSPS) is 11.1. The predicted molar refractivity (Wildman–Crippen MR) is 107 cm³/mol. The smallest absolute Gasteiger partial charge is 0.161 e. The van der Waals surface area contributed by atoms with Crippen molar-refractivity contribution in [3.8, 4) is 11.5 Å². The lowest BCUT2D eigenvalue weighted by atomic mass is 10.2. The molecule has 1 N–H and O–H groups in total. The monoisotopic (exact) mass is 350 g/mol. The van der Waals surface area contributed by atoms with Crippen molar-refractivity contribution in [2.75, 3.05) is 39.9 Å². The zero-order chi connectivity index (χ0) is 18.3. The number of benzene rings is 1. The molecule has 0 aliphatic carbocycles. The van der Waals surface area contributed by atoms with E-state index >= 15 is 0 Å². The van der Waals surface area contributed by atoms with Crippen LogP contribution in [0.2, 0.25) is 0 Å². The minimum Gasteiger partial charge on any atom is -0.493 e. The molecule has 144 valence electrons. The number of ether oxygens (including phenoxy) is 2. The van der Waals surface area contributed by atoms with Crippen molar-refractivity contribution in [3.63, 3.8) is 0 Å². The average molecular weight is 351 g/mol. The quantitative estimate of drug-likeness (QED) is 0.473. The van der Waals surface area contributed by atoms with E-state index in [9.17, 15) is 0 Å². The van der Waals surface area contributed by atoms with Crippen molar-refractivity contribution in [1.29, 1.82) is 0 Å². The van der Waals surface area contributed by atoms with Gasteiger partial charge in [-0.05, 0) is 70.1 Å². The van der Waals surface area contributed by atoms with Gasteiger partial charge in [0.2, 0.25) is 0 Å². The molecule has 0 saturated carbocycles. The maximum atomic E-state index is 5.64. The number of hydrogen-bond acceptors (Lipinski definition) is 4. The van der Waals surface area contributed by atoms with Crippen molar-refractivity contribution in [2.45, 2.75) is 59.4 Å². The predicted octanol–water partition coefficient (Wildman–Crippen LogP) is 4.48. The standard InChI is InChI=1S/C21H38N2O2/c1-5-8-14-23(15-9-6-2)16-10-13-22-18-19-11-12-20(24-4)21(17-19)25-7-3/h11-12,17,22H,5-10,13-16,18H2,1-4H3. The highest BCUT2D eigenvalue weighted by atomic mass is 16.5. The second-order valence-corrected chi connectivity index (χ2v) is 6.50. The fourth-order valence-electron chi connectivity index (χ4n) is 2.86. The van der Waals surface area contributed by atoms with Crippen LogP contribution in [0.4, 0.5) is 0 Å². The number of nitrogens with one attached hydrogen (secondary N) is 1. The van der Waals surface area contributed by atoms with Crippen molar-refractivity contribution >= 4 is 0 Å². The molecule has 0 aromatic heterocycles. The van der Waals surface area contributed by atoms with Gasteiger partial charge < -0.3 is 19.7 Å². The van der Waals surface area contributed by atoms with Gasteiger partial charge in [0.1, 0.15) is 0 Å². The van der Waals surface area contributed by atoms with Crippen LogP contribution in [0.25, 0.3) is 0 Å². The molecule has 0 fully saturated rings. The van der Waals surface area contributed by atoms with Crippen molar-refractivity contribution < 1.29 is 9.47 Å². The van der Waals surface area contributed by atoms with E-state index in [2.05, 4.69) is 36.2 Å². The lowest BCUT2D eigenvalue weighted by Gasteiger charge is -2.22. The summed E-state index contributed by atoms with van der Waals surface area (Å²) in [6.07, 6.45) is 6.37. The van der Waals surface area contributed by atoms with Gasteiger partial charge in [-0.2, -0.15) is 0 Å². The van der Waals surface area contributed by atoms with E-state index in [1.807, 2.05) is 13.0 Å². The van der Waals surface area contributed by atoms with E-state index in [1.165, 1.54) is 57.3 Å². The minimum atomic E-state index is 0.651. The summed E-state index contributed by atoms with van der Waals surface area (Å²) in [5, 5.41) is 3.55. The molecule has 0 radical (unpaired) electrons. The third kappa shape index (κ3) is 9.13. The van der Waals surface area contributed by atoms with Crippen LogP contribution in [-0.4, -0.2) is 44.8 Å². The first-order chi connectivity index (χ1) is 12.2. The highest BCUT2D eigenvalue weighted by Crippen LogP contribution is 2.27. The number of nitrogens with zero attached hydrogens (tertiary/aromatic N) is 1. The number of methoxy groups -OCH3 is 1. The van der Waals surface area contributed by atoms with Gasteiger partial charge >= 0.3 is 0 Å². The van der Waals surface area contributed by atoms with Crippen LogP contribution in [0.15, 0.2) is 18.2 Å². The molecule has 0 atom stereocenters. The van der Waals surface area contributed by atoms with Gasteiger partial charge in [0, 0.05) is 6.54 Å². The molecule has 0 spiro atoms. The van der Waals surface area contributed by atoms with Gasteiger partial charge in [-0.15, -0.1) is 0 Å². The van der Waals surface area contributed by atoms with E-state index in [4.69, 9.17) is 9.47 Å². The SMILES string of the molecule is CCCCN(CCCC)CCCNCc1ccc(OC)c(OCC)c1. The van der Waals surface area contributed by atoms with Crippen LogP contribution >= 0.6 is 0 Å². The summed E-state index contributed by atoms with van der Waals surface area (Å²) in [6, 6.07) is 6.16. The van der Waals surface area contributed by atoms with Gasteiger partial charge in [0.05, 0.1) is 13.7 Å². The van der Waals surface area contributed by atoms with Gasteiger partial charge in [0.25, 0.3) is 0 Å².